The van der Waals surface area contributed by atoms with Crippen LogP contribution in [0.25, 0.3) is 11.2 Å². The summed E-state index contributed by atoms with van der Waals surface area (Å²) in [5, 5.41) is 3.48. The third kappa shape index (κ3) is 2.96. The predicted octanol–water partition coefficient (Wildman–Crippen LogP) is 2.64. The molecule has 0 radical (unpaired) electrons. The SMILES string of the molecule is COCCn1c(C2CC23CCNCC3)nc2ncc(C(C)OC)cc21. The maximum Gasteiger partial charge on any atom is 0.177 e. The fourth-order valence-electron chi connectivity index (χ4n) is 4.27. The van der Waals surface area contributed by atoms with Crippen molar-refractivity contribution in [1.82, 2.24) is 19.9 Å². The van der Waals surface area contributed by atoms with E-state index in [1.165, 1.54) is 25.1 Å². The van der Waals surface area contributed by atoms with E-state index in [0.717, 1.165) is 36.4 Å². The van der Waals surface area contributed by atoms with E-state index < -0.39 is 0 Å². The van der Waals surface area contributed by atoms with E-state index in [4.69, 9.17) is 14.5 Å². The number of aromatic nitrogens is 3. The summed E-state index contributed by atoms with van der Waals surface area (Å²) in [6, 6.07) is 2.18. The quantitative estimate of drug-likeness (QED) is 0.873. The van der Waals surface area contributed by atoms with Crippen LogP contribution < -0.4 is 5.32 Å². The molecule has 1 saturated heterocycles. The number of hydrogen-bond acceptors (Lipinski definition) is 5. The van der Waals surface area contributed by atoms with Gasteiger partial charge >= 0.3 is 0 Å². The minimum atomic E-state index is 0.0304. The summed E-state index contributed by atoms with van der Waals surface area (Å²) in [7, 11) is 3.48. The Morgan fingerprint density at radius 1 is 1.36 bits per heavy atom. The van der Waals surface area contributed by atoms with Gasteiger partial charge in [0.15, 0.2) is 5.65 Å². The van der Waals surface area contributed by atoms with Crippen molar-refractivity contribution in [2.75, 3.05) is 33.9 Å². The number of imidazole rings is 1. The van der Waals surface area contributed by atoms with Crippen molar-refractivity contribution in [2.24, 2.45) is 5.41 Å². The average molecular weight is 344 g/mol. The number of methoxy groups -OCH3 is 2. The van der Waals surface area contributed by atoms with Crippen molar-refractivity contribution in [2.45, 2.75) is 44.8 Å². The molecule has 136 valence electrons. The molecular weight excluding hydrogens is 316 g/mol. The first kappa shape index (κ1) is 16.9. The summed E-state index contributed by atoms with van der Waals surface area (Å²) in [6.07, 6.45) is 5.69. The third-order valence-electron chi connectivity index (χ3n) is 6.10. The largest absolute Gasteiger partial charge is 0.383 e. The smallest absolute Gasteiger partial charge is 0.177 e. The lowest BCUT2D eigenvalue weighted by molar-refractivity contribution is 0.119. The zero-order valence-electron chi connectivity index (χ0n) is 15.4. The summed E-state index contributed by atoms with van der Waals surface area (Å²) in [6.45, 7) is 5.80. The topological polar surface area (TPSA) is 61.2 Å². The van der Waals surface area contributed by atoms with Gasteiger partial charge in [0.05, 0.1) is 18.2 Å². The standard InChI is InChI=1S/C19H28N4O2/c1-13(25-3)14-10-16-17(21-12-14)22-18(23(16)8-9-24-2)15-11-19(15)4-6-20-7-5-19/h10,12-13,15,20H,4-9,11H2,1-3H3. The van der Waals surface area contributed by atoms with Gasteiger partial charge in [-0.15, -0.1) is 0 Å². The third-order valence-corrected chi connectivity index (χ3v) is 6.10. The number of rotatable bonds is 6. The van der Waals surface area contributed by atoms with E-state index in [0.29, 0.717) is 17.9 Å². The molecule has 2 fully saturated rings. The number of piperidine rings is 1. The second-order valence-electron chi connectivity index (χ2n) is 7.47. The predicted molar refractivity (Wildman–Crippen MR) is 96.7 cm³/mol. The van der Waals surface area contributed by atoms with Crippen LogP contribution >= 0.6 is 0 Å². The zero-order valence-corrected chi connectivity index (χ0v) is 15.4. The fourth-order valence-corrected chi connectivity index (χ4v) is 4.27. The summed E-state index contributed by atoms with van der Waals surface area (Å²) < 4.78 is 13.1. The monoisotopic (exact) mass is 344 g/mol. The number of hydrogen-bond donors (Lipinski definition) is 1. The van der Waals surface area contributed by atoms with E-state index in [1.807, 2.05) is 13.1 Å². The first-order valence-corrected chi connectivity index (χ1v) is 9.27. The first-order chi connectivity index (χ1) is 12.2. The van der Waals surface area contributed by atoms with E-state index >= 15 is 0 Å². The van der Waals surface area contributed by atoms with Crippen LogP contribution in [0.1, 0.15) is 49.6 Å². The minimum Gasteiger partial charge on any atom is -0.383 e. The molecule has 0 aromatic carbocycles. The Labute approximate surface area is 148 Å². The molecule has 4 rings (SSSR count). The van der Waals surface area contributed by atoms with E-state index in [1.54, 1.807) is 14.2 Å². The van der Waals surface area contributed by atoms with Crippen molar-refractivity contribution >= 4 is 11.2 Å². The second kappa shape index (κ2) is 6.67. The molecule has 2 unspecified atom stereocenters. The van der Waals surface area contributed by atoms with Gasteiger partial charge in [0.1, 0.15) is 5.82 Å². The molecule has 1 aliphatic carbocycles. The van der Waals surface area contributed by atoms with E-state index in [2.05, 4.69) is 20.9 Å². The van der Waals surface area contributed by atoms with Crippen LogP contribution in [0.4, 0.5) is 0 Å². The molecule has 2 atom stereocenters. The molecule has 25 heavy (non-hydrogen) atoms. The van der Waals surface area contributed by atoms with E-state index in [-0.39, 0.29) is 6.10 Å². The van der Waals surface area contributed by atoms with Crippen LogP contribution in [-0.4, -0.2) is 48.5 Å². The highest BCUT2D eigenvalue weighted by atomic mass is 16.5. The van der Waals surface area contributed by atoms with Gasteiger partial charge in [-0.1, -0.05) is 0 Å². The van der Waals surface area contributed by atoms with Gasteiger partial charge in [-0.3, -0.25) is 0 Å². The molecule has 1 saturated carbocycles. The lowest BCUT2D eigenvalue weighted by Crippen LogP contribution is -2.29. The van der Waals surface area contributed by atoms with Crippen LogP contribution in [0.5, 0.6) is 0 Å². The van der Waals surface area contributed by atoms with Crippen LogP contribution in [-0.2, 0) is 16.0 Å². The Balaban J connectivity index is 1.73. The average Bonchev–Trinajstić information content (AvgIpc) is 3.20. The molecule has 0 amide bonds. The molecule has 1 spiro atoms. The number of nitrogens with zero attached hydrogens (tertiary/aromatic N) is 3. The Morgan fingerprint density at radius 3 is 2.88 bits per heavy atom. The number of nitrogens with one attached hydrogen (secondary N) is 1. The maximum atomic E-state index is 5.46. The number of ether oxygens (including phenoxy) is 2. The van der Waals surface area contributed by atoms with E-state index in [9.17, 15) is 0 Å². The highest BCUT2D eigenvalue weighted by Crippen LogP contribution is 2.64. The van der Waals surface area contributed by atoms with Gasteiger partial charge in [-0.25, -0.2) is 9.97 Å². The Kier molecular flexibility index (Phi) is 4.52. The van der Waals surface area contributed by atoms with Gasteiger partial charge in [0, 0.05) is 38.4 Å². The minimum absolute atomic E-state index is 0.0304. The van der Waals surface area contributed by atoms with Crippen molar-refractivity contribution in [3.8, 4) is 0 Å². The normalized spacial score (nSPS) is 23.2. The van der Waals surface area contributed by atoms with Crippen molar-refractivity contribution in [3.63, 3.8) is 0 Å². The second-order valence-corrected chi connectivity index (χ2v) is 7.47. The van der Waals surface area contributed by atoms with Gasteiger partial charge < -0.3 is 19.4 Å². The van der Waals surface area contributed by atoms with Gasteiger partial charge in [0.25, 0.3) is 0 Å². The zero-order chi connectivity index (χ0) is 17.4. The summed E-state index contributed by atoms with van der Waals surface area (Å²) in [5.74, 6) is 1.76. The van der Waals surface area contributed by atoms with Gasteiger partial charge in [0.2, 0.25) is 0 Å². The summed E-state index contributed by atoms with van der Waals surface area (Å²) in [4.78, 5) is 9.56. The highest BCUT2D eigenvalue weighted by Gasteiger charge is 2.56. The molecular formula is C19H28N4O2. The molecule has 2 aromatic heterocycles. The molecule has 6 heteroatoms. The summed E-state index contributed by atoms with van der Waals surface area (Å²) >= 11 is 0. The van der Waals surface area contributed by atoms with Crippen LogP contribution in [0.2, 0.25) is 0 Å². The van der Waals surface area contributed by atoms with Gasteiger partial charge in [-0.2, -0.15) is 0 Å². The molecule has 2 aliphatic rings. The molecule has 3 heterocycles. The molecule has 1 N–H and O–H groups in total. The van der Waals surface area contributed by atoms with Crippen molar-refractivity contribution in [3.05, 3.63) is 23.7 Å². The number of pyridine rings is 1. The Hall–Kier alpha value is -1.50. The molecule has 2 aromatic rings. The molecule has 6 nitrogen and oxygen atoms in total. The van der Waals surface area contributed by atoms with Crippen LogP contribution in [0.3, 0.4) is 0 Å². The molecule has 0 bridgehead atoms. The lowest BCUT2D eigenvalue weighted by Gasteiger charge is -2.23. The summed E-state index contributed by atoms with van der Waals surface area (Å²) in [5.41, 5.74) is 3.49. The Morgan fingerprint density at radius 2 is 2.16 bits per heavy atom. The first-order valence-electron chi connectivity index (χ1n) is 9.27. The van der Waals surface area contributed by atoms with Gasteiger partial charge in [-0.05, 0) is 50.8 Å². The van der Waals surface area contributed by atoms with Crippen molar-refractivity contribution < 1.29 is 9.47 Å². The maximum absolute atomic E-state index is 5.46. The van der Waals surface area contributed by atoms with Crippen LogP contribution in [0, 0.1) is 5.41 Å². The molecule has 1 aliphatic heterocycles. The lowest BCUT2D eigenvalue weighted by atomic mass is 9.92. The highest BCUT2D eigenvalue weighted by molar-refractivity contribution is 5.73. The van der Waals surface area contributed by atoms with Crippen molar-refractivity contribution in [1.29, 1.82) is 0 Å². The fraction of sp³-hybridized carbons (Fsp3) is 0.684. The number of fused-ring (bicyclic) bond motifs is 1. The van der Waals surface area contributed by atoms with Crippen LogP contribution in [0.15, 0.2) is 12.3 Å². The Bertz CT molecular complexity index is 751.